The van der Waals surface area contributed by atoms with Crippen molar-refractivity contribution in [3.8, 4) is 5.75 Å². The summed E-state index contributed by atoms with van der Waals surface area (Å²) in [6.45, 7) is 5.68. The van der Waals surface area contributed by atoms with Crippen molar-refractivity contribution in [3.63, 3.8) is 0 Å². The molecule has 2 aromatic rings. The highest BCUT2D eigenvalue weighted by molar-refractivity contribution is 7.92. The number of hydrogen-bond donors (Lipinski definition) is 0. The van der Waals surface area contributed by atoms with Crippen molar-refractivity contribution in [2.75, 3.05) is 10.8 Å². The molecule has 1 aliphatic rings. The van der Waals surface area contributed by atoms with E-state index < -0.39 is 28.6 Å². The number of rotatable bonds is 3. The lowest BCUT2D eigenvalue weighted by atomic mass is 9.87. The summed E-state index contributed by atoms with van der Waals surface area (Å²) < 4.78 is 32.8. The predicted octanol–water partition coefficient (Wildman–Crippen LogP) is 2.34. The Balaban J connectivity index is 2.07. The van der Waals surface area contributed by atoms with Gasteiger partial charge in [0.1, 0.15) is 5.75 Å². The van der Waals surface area contributed by atoms with Gasteiger partial charge in [-0.3, -0.25) is 4.31 Å². The Hall–Kier alpha value is -2.25. The molecule has 0 radical (unpaired) electrons. The van der Waals surface area contributed by atoms with Gasteiger partial charge in [0, 0.05) is 5.02 Å². The summed E-state index contributed by atoms with van der Waals surface area (Å²) in [7, 11) is -4.02. The number of carboxylic acid groups (broad SMARTS) is 1. The summed E-state index contributed by atoms with van der Waals surface area (Å²) in [5, 5.41) is 11.6. The summed E-state index contributed by atoms with van der Waals surface area (Å²) in [6.07, 6.45) is -1.41. The lowest BCUT2D eigenvalue weighted by molar-refractivity contribution is -0.313. The summed E-state index contributed by atoms with van der Waals surface area (Å²) in [5.41, 5.74) is 1.06. The standard InChI is InChI=1S/C19H20ClNO5S/c1-19(2,3)12-4-7-14(8-5-12)27(24,25)21-11-17(18(22)23)26-16-9-6-13(20)10-15(16)21/h4-10,17H,11H2,1-3H3,(H,22,23)/p-1/t17-/m0/s1. The second kappa shape index (κ2) is 6.73. The van der Waals surface area contributed by atoms with E-state index in [4.69, 9.17) is 16.3 Å². The number of hydrogen-bond acceptors (Lipinski definition) is 5. The second-order valence-corrected chi connectivity index (χ2v) is 9.65. The van der Waals surface area contributed by atoms with E-state index in [1.807, 2.05) is 20.8 Å². The first kappa shape index (κ1) is 19.5. The third kappa shape index (κ3) is 3.75. The molecule has 0 saturated carbocycles. The van der Waals surface area contributed by atoms with Gasteiger partial charge in [-0.05, 0) is 41.3 Å². The van der Waals surface area contributed by atoms with Gasteiger partial charge in [-0.25, -0.2) is 8.42 Å². The van der Waals surface area contributed by atoms with Gasteiger partial charge < -0.3 is 14.6 Å². The Morgan fingerprint density at radius 3 is 2.37 bits per heavy atom. The normalized spacial score (nSPS) is 17.2. The molecule has 0 spiro atoms. The van der Waals surface area contributed by atoms with Gasteiger partial charge in [0.2, 0.25) is 0 Å². The van der Waals surface area contributed by atoms with Gasteiger partial charge in [0.05, 0.1) is 23.1 Å². The number of ether oxygens (including phenoxy) is 1. The maximum Gasteiger partial charge on any atom is 0.264 e. The molecule has 6 nitrogen and oxygen atoms in total. The molecule has 1 aliphatic heterocycles. The highest BCUT2D eigenvalue weighted by Gasteiger charge is 2.35. The van der Waals surface area contributed by atoms with Crippen LogP contribution in [0.2, 0.25) is 5.02 Å². The number of anilines is 1. The van der Waals surface area contributed by atoms with Crippen molar-refractivity contribution in [3.05, 3.63) is 53.1 Å². The third-order valence-electron chi connectivity index (χ3n) is 4.36. The molecule has 0 amide bonds. The van der Waals surface area contributed by atoms with Crippen molar-refractivity contribution in [2.45, 2.75) is 37.2 Å². The average Bonchev–Trinajstić information content (AvgIpc) is 2.60. The molecule has 8 heteroatoms. The minimum absolute atomic E-state index is 0.0559. The number of sulfonamides is 1. The zero-order chi connectivity index (χ0) is 20.0. The molecule has 0 fully saturated rings. The fraction of sp³-hybridized carbons (Fsp3) is 0.316. The van der Waals surface area contributed by atoms with Gasteiger partial charge in [-0.2, -0.15) is 0 Å². The monoisotopic (exact) mass is 408 g/mol. The first-order valence-electron chi connectivity index (χ1n) is 8.30. The van der Waals surface area contributed by atoms with E-state index in [1.54, 1.807) is 12.1 Å². The number of carbonyl (C=O) groups is 1. The van der Waals surface area contributed by atoms with Gasteiger partial charge in [0.15, 0.2) is 6.10 Å². The van der Waals surface area contributed by atoms with Gasteiger partial charge in [-0.1, -0.05) is 44.5 Å². The maximum atomic E-state index is 13.2. The summed E-state index contributed by atoms with van der Waals surface area (Å²) in [6, 6.07) is 10.9. The molecule has 0 saturated heterocycles. The Bertz CT molecular complexity index is 980. The van der Waals surface area contributed by atoms with Crippen LogP contribution in [0.3, 0.4) is 0 Å². The molecular formula is C19H19ClNO5S-. The number of carboxylic acids is 1. The van der Waals surface area contributed by atoms with Crippen LogP contribution in [-0.4, -0.2) is 27.0 Å². The summed E-state index contributed by atoms with van der Waals surface area (Å²) in [4.78, 5) is 11.4. The number of aliphatic carboxylic acids is 1. The van der Waals surface area contributed by atoms with Crippen molar-refractivity contribution >= 4 is 33.3 Å². The highest BCUT2D eigenvalue weighted by atomic mass is 35.5. The molecule has 0 bridgehead atoms. The molecule has 1 heterocycles. The van der Waals surface area contributed by atoms with Crippen LogP contribution in [0.1, 0.15) is 26.3 Å². The smallest absolute Gasteiger partial charge is 0.264 e. The Morgan fingerprint density at radius 2 is 1.81 bits per heavy atom. The van der Waals surface area contributed by atoms with E-state index in [0.717, 1.165) is 9.87 Å². The minimum atomic E-state index is -4.02. The molecule has 1 atom stereocenters. The fourth-order valence-corrected chi connectivity index (χ4v) is 4.46. The Kier molecular flexibility index (Phi) is 4.86. The lowest BCUT2D eigenvalue weighted by Gasteiger charge is -2.35. The predicted molar refractivity (Wildman–Crippen MR) is 101 cm³/mol. The third-order valence-corrected chi connectivity index (χ3v) is 6.39. The van der Waals surface area contributed by atoms with Crippen molar-refractivity contribution in [2.24, 2.45) is 0 Å². The molecule has 3 rings (SSSR count). The number of carbonyl (C=O) groups excluding carboxylic acids is 1. The van der Waals surface area contributed by atoms with Crippen molar-refractivity contribution in [1.82, 2.24) is 0 Å². The quantitative estimate of drug-likeness (QED) is 0.778. The Morgan fingerprint density at radius 1 is 1.19 bits per heavy atom. The van der Waals surface area contributed by atoms with E-state index in [0.29, 0.717) is 5.02 Å². The molecule has 0 N–H and O–H groups in total. The zero-order valence-electron chi connectivity index (χ0n) is 15.1. The molecule has 0 aromatic heterocycles. The topological polar surface area (TPSA) is 86.7 Å². The van der Waals surface area contributed by atoms with Crippen molar-refractivity contribution < 1.29 is 23.1 Å². The largest absolute Gasteiger partial charge is 0.546 e. The van der Waals surface area contributed by atoms with Crippen LogP contribution < -0.4 is 14.1 Å². The number of fused-ring (bicyclic) bond motifs is 1. The van der Waals surface area contributed by atoms with Gasteiger partial charge in [0.25, 0.3) is 10.0 Å². The first-order valence-corrected chi connectivity index (χ1v) is 10.1. The number of benzene rings is 2. The van der Waals surface area contributed by atoms with E-state index >= 15 is 0 Å². The molecule has 144 valence electrons. The number of halogens is 1. The fourth-order valence-electron chi connectivity index (χ4n) is 2.83. The van der Waals surface area contributed by atoms with Crippen LogP contribution in [0.15, 0.2) is 47.4 Å². The SMILES string of the molecule is CC(C)(C)c1ccc(S(=O)(=O)N2C[C@@H](C(=O)[O-])Oc3ccc(Cl)cc32)cc1. The molecular weight excluding hydrogens is 390 g/mol. The van der Waals surface area contributed by atoms with Crippen LogP contribution in [0.4, 0.5) is 5.69 Å². The summed E-state index contributed by atoms with van der Waals surface area (Å²) in [5.74, 6) is -1.37. The van der Waals surface area contributed by atoms with Crippen molar-refractivity contribution in [1.29, 1.82) is 0 Å². The maximum absolute atomic E-state index is 13.2. The van der Waals surface area contributed by atoms with Gasteiger partial charge in [-0.15, -0.1) is 0 Å². The second-order valence-electron chi connectivity index (χ2n) is 7.35. The van der Waals surface area contributed by atoms with Crippen LogP contribution >= 0.6 is 11.6 Å². The lowest BCUT2D eigenvalue weighted by Crippen LogP contribution is -2.51. The van der Waals surface area contributed by atoms with Gasteiger partial charge >= 0.3 is 0 Å². The van der Waals surface area contributed by atoms with E-state index in [2.05, 4.69) is 0 Å². The molecule has 27 heavy (non-hydrogen) atoms. The van der Waals surface area contributed by atoms with Crippen LogP contribution in [0.25, 0.3) is 0 Å². The van der Waals surface area contributed by atoms with E-state index in [9.17, 15) is 18.3 Å². The molecule has 0 unspecified atom stereocenters. The average molecular weight is 409 g/mol. The zero-order valence-corrected chi connectivity index (χ0v) is 16.7. The van der Waals surface area contributed by atoms with Crippen LogP contribution in [0, 0.1) is 0 Å². The molecule has 0 aliphatic carbocycles. The Labute approximate surface area is 163 Å². The van der Waals surface area contributed by atoms with Crippen LogP contribution in [-0.2, 0) is 20.2 Å². The molecule has 2 aromatic carbocycles. The van der Waals surface area contributed by atoms with Crippen LogP contribution in [0.5, 0.6) is 5.75 Å². The highest BCUT2D eigenvalue weighted by Crippen LogP contribution is 2.39. The van der Waals surface area contributed by atoms with E-state index in [-0.39, 0.29) is 21.7 Å². The first-order chi connectivity index (χ1) is 12.5. The number of nitrogens with zero attached hydrogens (tertiary/aromatic N) is 1. The minimum Gasteiger partial charge on any atom is -0.546 e. The van der Waals surface area contributed by atoms with E-state index in [1.165, 1.54) is 30.3 Å². The summed E-state index contributed by atoms with van der Waals surface area (Å²) >= 11 is 6.00.